The number of hydrogen-bond donors (Lipinski definition) is 2. The Hall–Kier alpha value is -1.09. The van der Waals surface area contributed by atoms with Crippen LogP contribution in [0.5, 0.6) is 5.75 Å². The Kier molecular flexibility index (Phi) is 4.30. The van der Waals surface area contributed by atoms with Gasteiger partial charge in [-0.05, 0) is 38.0 Å². The molecular formula is C13H20FNO. The van der Waals surface area contributed by atoms with Gasteiger partial charge in [-0.1, -0.05) is 13.3 Å². The molecule has 0 aliphatic heterocycles. The zero-order valence-corrected chi connectivity index (χ0v) is 10.2. The lowest BCUT2D eigenvalue weighted by Crippen LogP contribution is -2.38. The van der Waals surface area contributed by atoms with Gasteiger partial charge in [-0.15, -0.1) is 0 Å². The predicted molar refractivity (Wildman–Crippen MR) is 63.9 cm³/mol. The van der Waals surface area contributed by atoms with E-state index in [9.17, 15) is 9.50 Å². The van der Waals surface area contributed by atoms with Crippen molar-refractivity contribution in [1.29, 1.82) is 0 Å². The highest BCUT2D eigenvalue weighted by molar-refractivity contribution is 5.28. The zero-order valence-electron chi connectivity index (χ0n) is 10.2. The lowest BCUT2D eigenvalue weighted by atomic mass is 9.98. The number of hydrogen-bond acceptors (Lipinski definition) is 2. The summed E-state index contributed by atoms with van der Waals surface area (Å²) in [4.78, 5) is 0. The van der Waals surface area contributed by atoms with Crippen LogP contribution in [0.15, 0.2) is 18.2 Å². The van der Waals surface area contributed by atoms with Crippen LogP contribution in [0.4, 0.5) is 4.39 Å². The first-order chi connectivity index (χ1) is 7.43. The average molecular weight is 225 g/mol. The Labute approximate surface area is 96.5 Å². The number of nitrogens with one attached hydrogen (secondary N) is 1. The SMILES string of the molecule is CCCC(C)(C)NCc1cc(O)cc(F)c1. The summed E-state index contributed by atoms with van der Waals surface area (Å²) >= 11 is 0. The minimum Gasteiger partial charge on any atom is -0.508 e. The van der Waals surface area contributed by atoms with Crippen molar-refractivity contribution >= 4 is 0 Å². The van der Waals surface area contributed by atoms with Crippen LogP contribution in [0.1, 0.15) is 39.2 Å². The molecule has 0 heterocycles. The molecular weight excluding hydrogens is 205 g/mol. The smallest absolute Gasteiger partial charge is 0.127 e. The number of phenolic OH excluding ortho intramolecular Hbond substituents is 1. The molecule has 0 radical (unpaired) electrons. The fourth-order valence-electron chi connectivity index (χ4n) is 1.79. The predicted octanol–water partition coefficient (Wildman–Crippen LogP) is 3.20. The van der Waals surface area contributed by atoms with E-state index < -0.39 is 5.82 Å². The minimum absolute atomic E-state index is 0.0231. The van der Waals surface area contributed by atoms with Crippen molar-refractivity contribution in [1.82, 2.24) is 5.32 Å². The second-order valence-corrected chi connectivity index (χ2v) is 4.81. The third kappa shape index (κ3) is 4.19. The summed E-state index contributed by atoms with van der Waals surface area (Å²) in [7, 11) is 0. The molecule has 0 fully saturated rings. The summed E-state index contributed by atoms with van der Waals surface area (Å²) in [6.07, 6.45) is 2.17. The second kappa shape index (κ2) is 5.30. The lowest BCUT2D eigenvalue weighted by molar-refractivity contribution is 0.356. The van der Waals surface area contributed by atoms with Crippen LogP contribution in [-0.2, 0) is 6.54 Å². The van der Waals surface area contributed by atoms with Crippen molar-refractivity contribution in [2.75, 3.05) is 0 Å². The van der Waals surface area contributed by atoms with Crippen LogP contribution < -0.4 is 5.32 Å². The van der Waals surface area contributed by atoms with E-state index in [0.717, 1.165) is 24.5 Å². The molecule has 1 rings (SSSR count). The van der Waals surface area contributed by atoms with E-state index in [1.807, 2.05) is 0 Å². The summed E-state index contributed by atoms with van der Waals surface area (Å²) in [6.45, 7) is 6.95. The van der Waals surface area contributed by atoms with Crippen molar-refractivity contribution in [3.05, 3.63) is 29.6 Å². The molecule has 1 aromatic rings. The molecule has 16 heavy (non-hydrogen) atoms. The molecule has 0 spiro atoms. The molecule has 3 heteroatoms. The Balaban J connectivity index is 2.60. The Bertz CT molecular complexity index is 330. The van der Waals surface area contributed by atoms with Crippen molar-refractivity contribution in [2.45, 2.75) is 45.7 Å². The van der Waals surface area contributed by atoms with Gasteiger partial charge in [-0.3, -0.25) is 0 Å². The van der Waals surface area contributed by atoms with Crippen LogP contribution in [0.3, 0.4) is 0 Å². The Morgan fingerprint density at radius 2 is 2.00 bits per heavy atom. The first-order valence-corrected chi connectivity index (χ1v) is 5.66. The molecule has 1 aromatic carbocycles. The highest BCUT2D eigenvalue weighted by Gasteiger charge is 2.15. The van der Waals surface area contributed by atoms with Gasteiger partial charge in [0.15, 0.2) is 0 Å². The molecule has 0 atom stereocenters. The van der Waals surface area contributed by atoms with Crippen LogP contribution in [0.25, 0.3) is 0 Å². The van der Waals surface area contributed by atoms with Gasteiger partial charge in [-0.25, -0.2) is 4.39 Å². The van der Waals surface area contributed by atoms with Crippen molar-refractivity contribution in [3.8, 4) is 5.75 Å². The molecule has 2 N–H and O–H groups in total. The molecule has 0 saturated carbocycles. The number of rotatable bonds is 5. The molecule has 0 aromatic heterocycles. The van der Waals surface area contributed by atoms with Gasteiger partial charge < -0.3 is 10.4 Å². The summed E-state index contributed by atoms with van der Waals surface area (Å²) in [6, 6.07) is 4.13. The number of benzene rings is 1. The van der Waals surface area contributed by atoms with Crippen LogP contribution in [0, 0.1) is 5.82 Å². The fraction of sp³-hybridized carbons (Fsp3) is 0.538. The molecule has 0 saturated heterocycles. The molecule has 0 unspecified atom stereocenters. The zero-order chi connectivity index (χ0) is 12.2. The van der Waals surface area contributed by atoms with Crippen molar-refractivity contribution in [3.63, 3.8) is 0 Å². The van der Waals surface area contributed by atoms with E-state index in [4.69, 9.17) is 0 Å². The summed E-state index contributed by atoms with van der Waals surface area (Å²) in [5.41, 5.74) is 0.804. The fourth-order valence-corrected chi connectivity index (χ4v) is 1.79. The Morgan fingerprint density at radius 3 is 2.56 bits per heavy atom. The lowest BCUT2D eigenvalue weighted by Gasteiger charge is -2.26. The van der Waals surface area contributed by atoms with Crippen LogP contribution in [0.2, 0.25) is 0 Å². The Morgan fingerprint density at radius 1 is 1.31 bits per heavy atom. The summed E-state index contributed by atoms with van der Waals surface area (Å²) < 4.78 is 13.0. The van der Waals surface area contributed by atoms with Gasteiger partial charge >= 0.3 is 0 Å². The summed E-state index contributed by atoms with van der Waals surface area (Å²) in [5.74, 6) is -0.421. The van der Waals surface area contributed by atoms with Crippen LogP contribution >= 0.6 is 0 Å². The van der Waals surface area contributed by atoms with E-state index in [2.05, 4.69) is 26.1 Å². The first-order valence-electron chi connectivity index (χ1n) is 5.66. The van der Waals surface area contributed by atoms with Crippen molar-refractivity contribution < 1.29 is 9.50 Å². The highest BCUT2D eigenvalue weighted by atomic mass is 19.1. The van der Waals surface area contributed by atoms with E-state index in [0.29, 0.717) is 6.54 Å². The topological polar surface area (TPSA) is 32.3 Å². The maximum absolute atomic E-state index is 13.0. The van der Waals surface area contributed by atoms with Crippen molar-refractivity contribution in [2.24, 2.45) is 0 Å². The number of aromatic hydroxyl groups is 1. The van der Waals surface area contributed by atoms with Gasteiger partial charge in [0.2, 0.25) is 0 Å². The average Bonchev–Trinajstić information content (AvgIpc) is 2.13. The maximum atomic E-state index is 13.0. The standard InChI is InChI=1S/C13H20FNO/c1-4-5-13(2,3)15-9-10-6-11(14)8-12(16)7-10/h6-8,15-16H,4-5,9H2,1-3H3. The highest BCUT2D eigenvalue weighted by Crippen LogP contribution is 2.16. The second-order valence-electron chi connectivity index (χ2n) is 4.81. The molecule has 2 nitrogen and oxygen atoms in total. The van der Waals surface area contributed by atoms with E-state index in [-0.39, 0.29) is 11.3 Å². The largest absolute Gasteiger partial charge is 0.508 e. The normalized spacial score (nSPS) is 11.8. The minimum atomic E-state index is -0.398. The molecule has 0 amide bonds. The third-order valence-corrected chi connectivity index (χ3v) is 2.59. The molecule has 90 valence electrons. The van der Waals surface area contributed by atoms with E-state index in [1.54, 1.807) is 6.07 Å². The van der Waals surface area contributed by atoms with E-state index in [1.165, 1.54) is 6.07 Å². The summed E-state index contributed by atoms with van der Waals surface area (Å²) in [5, 5.41) is 12.6. The first kappa shape index (κ1) is 13.0. The van der Waals surface area contributed by atoms with Gasteiger partial charge in [0.1, 0.15) is 11.6 Å². The monoisotopic (exact) mass is 225 g/mol. The maximum Gasteiger partial charge on any atom is 0.127 e. The number of halogens is 1. The van der Waals surface area contributed by atoms with E-state index >= 15 is 0 Å². The molecule has 0 aliphatic rings. The quantitative estimate of drug-likeness (QED) is 0.806. The van der Waals surface area contributed by atoms with Gasteiger partial charge in [0.25, 0.3) is 0 Å². The van der Waals surface area contributed by atoms with Crippen LogP contribution in [-0.4, -0.2) is 10.6 Å². The van der Waals surface area contributed by atoms with Gasteiger partial charge in [-0.2, -0.15) is 0 Å². The van der Waals surface area contributed by atoms with Gasteiger partial charge in [0.05, 0.1) is 0 Å². The molecule has 0 bridgehead atoms. The molecule has 0 aliphatic carbocycles. The van der Waals surface area contributed by atoms with Gasteiger partial charge in [0, 0.05) is 18.2 Å². The third-order valence-electron chi connectivity index (χ3n) is 2.59. The number of phenols is 1.